The van der Waals surface area contributed by atoms with Gasteiger partial charge in [-0.25, -0.2) is 0 Å². The summed E-state index contributed by atoms with van der Waals surface area (Å²) in [5.74, 6) is -1.84. The van der Waals surface area contributed by atoms with Gasteiger partial charge in [0.15, 0.2) is 5.75 Å². The zero-order valence-corrected chi connectivity index (χ0v) is 8.60. The van der Waals surface area contributed by atoms with E-state index in [0.29, 0.717) is 0 Å². The van der Waals surface area contributed by atoms with Crippen molar-refractivity contribution in [2.24, 2.45) is 0 Å². The quantitative estimate of drug-likeness (QED) is 0.611. The Bertz CT molecular complexity index is 460. The number of carbonyl (C=O) groups is 1. The predicted octanol–water partition coefficient (Wildman–Crippen LogP) is -1.06. The molecule has 1 aromatic carbocycles. The molecule has 6 nitrogen and oxygen atoms in total. The summed E-state index contributed by atoms with van der Waals surface area (Å²) in [6.07, 6.45) is 0. The zero-order valence-electron chi connectivity index (χ0n) is 7.84. The highest BCUT2D eigenvalue weighted by Gasteiger charge is 2.32. The Hall–Kier alpha value is -1.44. The summed E-state index contributed by atoms with van der Waals surface area (Å²) in [6.45, 7) is -3.70. The standard InChI is InChI=1S/C8H7BClO6/c10-4-1-2-5-7(6(4)8(11)12)16-9(13,14)3-15-5/h1-2,13-14H,3H2,(H,11,12)/q-1/p-1. The number of rotatable bonds is 1. The first kappa shape index (κ1) is 11.1. The van der Waals surface area contributed by atoms with Crippen molar-refractivity contribution in [1.82, 2.24) is 0 Å². The maximum Gasteiger partial charge on any atom is 0.467 e. The summed E-state index contributed by atoms with van der Waals surface area (Å²) in [5, 5.41) is 29.2. The van der Waals surface area contributed by atoms with Crippen LogP contribution in [0.3, 0.4) is 0 Å². The normalized spacial score (nSPS) is 16.9. The average Bonchev–Trinajstić information content (AvgIpc) is 2.15. The summed E-state index contributed by atoms with van der Waals surface area (Å²) in [7, 11) is 0. The molecule has 16 heavy (non-hydrogen) atoms. The molecule has 2 N–H and O–H groups in total. The number of carbonyl (C=O) groups excluding carboxylic acids is 1. The number of halogens is 1. The lowest BCUT2D eigenvalue weighted by Crippen LogP contribution is -2.51. The molecule has 0 fully saturated rings. The number of carboxylic acids is 1. The van der Waals surface area contributed by atoms with Gasteiger partial charge >= 0.3 is 6.75 Å². The predicted molar refractivity (Wildman–Crippen MR) is 52.1 cm³/mol. The van der Waals surface area contributed by atoms with E-state index in [2.05, 4.69) is 0 Å². The highest BCUT2D eigenvalue weighted by molar-refractivity contribution is 6.59. The molecule has 1 aliphatic heterocycles. The van der Waals surface area contributed by atoms with Crippen LogP contribution in [-0.4, -0.2) is 29.3 Å². The van der Waals surface area contributed by atoms with E-state index in [1.165, 1.54) is 12.1 Å². The lowest BCUT2D eigenvalue weighted by atomic mass is 9.80. The van der Waals surface area contributed by atoms with Crippen LogP contribution < -0.4 is 14.5 Å². The van der Waals surface area contributed by atoms with Gasteiger partial charge in [-0.1, -0.05) is 11.6 Å². The molecule has 0 spiro atoms. The Balaban J connectivity index is 2.58. The zero-order chi connectivity index (χ0) is 11.9. The van der Waals surface area contributed by atoms with Gasteiger partial charge in [0.25, 0.3) is 0 Å². The fraction of sp³-hybridized carbons (Fsp3) is 0.125. The molecule has 0 unspecified atom stereocenters. The minimum absolute atomic E-state index is 0.0733. The van der Waals surface area contributed by atoms with Crippen molar-refractivity contribution >= 4 is 24.3 Å². The maximum absolute atomic E-state index is 10.8. The molecular formula is C8H6BClO6-2. The van der Waals surface area contributed by atoms with Gasteiger partial charge in [-0.3, -0.25) is 0 Å². The first-order valence-corrected chi connectivity index (χ1v) is 4.74. The maximum atomic E-state index is 10.8. The smallest absolute Gasteiger partial charge is 0.467 e. The molecule has 1 aliphatic rings. The van der Waals surface area contributed by atoms with Crippen LogP contribution in [0.15, 0.2) is 12.1 Å². The molecule has 0 aromatic heterocycles. The van der Waals surface area contributed by atoms with Gasteiger partial charge in [-0.05, 0) is 12.1 Å². The van der Waals surface area contributed by atoms with Gasteiger partial charge < -0.3 is 29.3 Å². The van der Waals surface area contributed by atoms with Crippen molar-refractivity contribution in [3.8, 4) is 11.5 Å². The molecule has 8 heteroatoms. The van der Waals surface area contributed by atoms with Crippen LogP contribution in [0.25, 0.3) is 0 Å². The van der Waals surface area contributed by atoms with Crippen molar-refractivity contribution in [3.63, 3.8) is 0 Å². The van der Waals surface area contributed by atoms with E-state index in [9.17, 15) is 19.9 Å². The molecule has 0 amide bonds. The van der Waals surface area contributed by atoms with Crippen LogP contribution in [0, 0.1) is 0 Å². The number of hydrogen-bond acceptors (Lipinski definition) is 6. The van der Waals surface area contributed by atoms with Crippen molar-refractivity contribution in [2.45, 2.75) is 0 Å². The molecule has 1 aromatic rings. The van der Waals surface area contributed by atoms with E-state index in [4.69, 9.17) is 21.0 Å². The second kappa shape index (κ2) is 3.55. The minimum atomic E-state index is -3.23. The van der Waals surface area contributed by atoms with Crippen molar-refractivity contribution in [2.75, 3.05) is 6.51 Å². The molecule has 0 aliphatic carbocycles. The second-order valence-corrected chi connectivity index (χ2v) is 3.73. The largest absolute Gasteiger partial charge is 0.665 e. The average molecular weight is 244 g/mol. The summed E-state index contributed by atoms with van der Waals surface area (Å²) < 4.78 is 9.67. The van der Waals surface area contributed by atoms with E-state index in [0.717, 1.165) is 0 Å². The van der Waals surface area contributed by atoms with Crippen molar-refractivity contribution in [3.05, 3.63) is 22.7 Å². The number of aromatic carboxylic acids is 1. The van der Waals surface area contributed by atoms with Crippen molar-refractivity contribution < 1.29 is 29.3 Å². The third-order valence-electron chi connectivity index (χ3n) is 2.04. The number of fused-ring (bicyclic) bond motifs is 1. The van der Waals surface area contributed by atoms with E-state index in [1.807, 2.05) is 0 Å². The SMILES string of the molecule is O=C([O-])c1c(Cl)ccc2c1O[B-](O)(O)CO2. The van der Waals surface area contributed by atoms with Gasteiger partial charge in [-0.15, -0.1) is 0 Å². The van der Waals surface area contributed by atoms with E-state index in [-0.39, 0.29) is 16.5 Å². The van der Waals surface area contributed by atoms with Crippen LogP contribution in [0.5, 0.6) is 11.5 Å². The fourth-order valence-corrected chi connectivity index (χ4v) is 1.61. The van der Waals surface area contributed by atoms with Crippen LogP contribution >= 0.6 is 11.6 Å². The van der Waals surface area contributed by atoms with Gasteiger partial charge in [0.2, 0.25) is 0 Å². The second-order valence-electron chi connectivity index (χ2n) is 3.32. The van der Waals surface area contributed by atoms with E-state index < -0.39 is 24.8 Å². The molecule has 0 bridgehead atoms. The summed E-state index contributed by atoms with van der Waals surface area (Å²) in [4.78, 5) is 10.8. The monoisotopic (exact) mass is 244 g/mol. The highest BCUT2D eigenvalue weighted by Crippen LogP contribution is 2.39. The van der Waals surface area contributed by atoms with Gasteiger partial charge in [0.05, 0.1) is 23.1 Å². The molecule has 1 heterocycles. The lowest BCUT2D eigenvalue weighted by Gasteiger charge is -2.37. The molecule has 0 saturated heterocycles. The number of carboxylic acid groups (broad SMARTS) is 1. The van der Waals surface area contributed by atoms with E-state index in [1.54, 1.807) is 0 Å². The summed E-state index contributed by atoms with van der Waals surface area (Å²) in [6, 6.07) is 2.67. The molecule has 86 valence electrons. The Morgan fingerprint density at radius 2 is 2.19 bits per heavy atom. The van der Waals surface area contributed by atoms with Gasteiger partial charge in [-0.2, -0.15) is 0 Å². The minimum Gasteiger partial charge on any atom is -0.665 e. The number of hydrogen-bond donors (Lipinski definition) is 2. The Morgan fingerprint density at radius 1 is 1.50 bits per heavy atom. The molecule has 0 radical (unpaired) electrons. The first-order chi connectivity index (χ1) is 7.41. The molecule has 2 rings (SSSR count). The Morgan fingerprint density at radius 3 is 2.81 bits per heavy atom. The third-order valence-corrected chi connectivity index (χ3v) is 2.35. The lowest BCUT2D eigenvalue weighted by molar-refractivity contribution is -0.255. The van der Waals surface area contributed by atoms with Crippen LogP contribution in [-0.2, 0) is 0 Å². The molecule has 0 saturated carbocycles. The summed E-state index contributed by atoms with van der Waals surface area (Å²) >= 11 is 5.64. The Kier molecular flexibility index (Phi) is 2.45. The summed E-state index contributed by atoms with van der Waals surface area (Å²) in [5.41, 5.74) is -0.465. The molecule has 0 atom stereocenters. The van der Waals surface area contributed by atoms with Crippen molar-refractivity contribution in [1.29, 1.82) is 0 Å². The number of benzene rings is 1. The van der Waals surface area contributed by atoms with Gasteiger partial charge in [0, 0.05) is 0 Å². The Labute approximate surface area is 95.0 Å². The first-order valence-electron chi connectivity index (χ1n) is 4.37. The van der Waals surface area contributed by atoms with Gasteiger partial charge in [0.1, 0.15) is 5.75 Å². The molecular weight excluding hydrogens is 238 g/mol. The van der Waals surface area contributed by atoms with Crippen LogP contribution in [0.4, 0.5) is 0 Å². The highest BCUT2D eigenvalue weighted by atomic mass is 35.5. The number of ether oxygens (including phenoxy) is 1. The third kappa shape index (κ3) is 1.80. The van der Waals surface area contributed by atoms with Crippen LogP contribution in [0.1, 0.15) is 10.4 Å². The fourth-order valence-electron chi connectivity index (χ4n) is 1.38. The van der Waals surface area contributed by atoms with E-state index >= 15 is 0 Å². The topological polar surface area (TPSA) is 99.1 Å². The van der Waals surface area contributed by atoms with Crippen LogP contribution in [0.2, 0.25) is 5.02 Å².